The Kier molecular flexibility index (Phi) is 13.4. The lowest BCUT2D eigenvalue weighted by Crippen LogP contribution is -2.44. The standard InChI is InChI=1S/C25H47N3O3Si2/c1-24(2,20-26)15-13-22(29)12-9-10-18-32(5,6)31-33(7,8)19-11-17-28-23(30)14-16-25(3,4)21-27/h9-19H2,1-8H3,(H,28,30). The van der Waals surface area contributed by atoms with Gasteiger partial charge in [-0.2, -0.15) is 10.5 Å². The molecule has 0 heterocycles. The summed E-state index contributed by atoms with van der Waals surface area (Å²) in [5.41, 5.74) is -0.885. The molecule has 0 aliphatic heterocycles. The SMILES string of the molecule is CC(C)(C#N)CCC(=O)CCCC[Si](C)(C)O[Si](C)(C)CCCNC(=O)CCC(C)(C)C#N. The smallest absolute Gasteiger partial charge is 0.220 e. The number of unbranched alkanes of at least 4 members (excludes halogenated alkanes) is 1. The molecule has 33 heavy (non-hydrogen) atoms. The van der Waals surface area contributed by atoms with Crippen LogP contribution in [0.15, 0.2) is 0 Å². The van der Waals surface area contributed by atoms with Crippen molar-refractivity contribution in [1.82, 2.24) is 5.32 Å². The first-order valence-electron chi connectivity index (χ1n) is 12.3. The Morgan fingerprint density at radius 3 is 1.79 bits per heavy atom. The monoisotopic (exact) mass is 493 g/mol. The molecule has 0 rings (SSSR count). The van der Waals surface area contributed by atoms with E-state index in [1.807, 2.05) is 27.7 Å². The zero-order valence-electron chi connectivity index (χ0n) is 22.4. The van der Waals surface area contributed by atoms with Crippen LogP contribution in [0.25, 0.3) is 0 Å². The third-order valence-corrected chi connectivity index (χ3v) is 13.5. The summed E-state index contributed by atoms with van der Waals surface area (Å²) < 4.78 is 6.66. The highest BCUT2D eigenvalue weighted by atomic mass is 28.4. The Morgan fingerprint density at radius 1 is 0.788 bits per heavy atom. The van der Waals surface area contributed by atoms with Crippen LogP contribution in [0.3, 0.4) is 0 Å². The van der Waals surface area contributed by atoms with Crippen LogP contribution in [-0.2, 0) is 13.7 Å². The van der Waals surface area contributed by atoms with Crippen LogP contribution in [-0.4, -0.2) is 34.9 Å². The van der Waals surface area contributed by atoms with E-state index in [2.05, 4.69) is 43.6 Å². The number of hydrogen-bond donors (Lipinski definition) is 1. The lowest BCUT2D eigenvalue weighted by atomic mass is 9.88. The second-order valence-corrected chi connectivity index (χ2v) is 20.7. The van der Waals surface area contributed by atoms with Crippen molar-refractivity contribution in [1.29, 1.82) is 10.5 Å². The number of hydrogen-bond acceptors (Lipinski definition) is 5. The molecule has 0 aliphatic carbocycles. The van der Waals surface area contributed by atoms with Crippen LogP contribution in [0.2, 0.25) is 38.3 Å². The number of ketones is 1. The van der Waals surface area contributed by atoms with Gasteiger partial charge in [0.1, 0.15) is 5.78 Å². The Hall–Kier alpha value is -1.49. The first-order valence-corrected chi connectivity index (χ1v) is 18.6. The fourth-order valence-electron chi connectivity index (χ4n) is 3.67. The van der Waals surface area contributed by atoms with Crippen LogP contribution < -0.4 is 5.32 Å². The fraction of sp³-hybridized carbons (Fsp3) is 0.840. The molecule has 0 atom stereocenters. The molecule has 0 unspecified atom stereocenters. The number of carbonyl (C=O) groups is 2. The first kappa shape index (κ1) is 31.5. The largest absolute Gasteiger partial charge is 0.455 e. The number of carbonyl (C=O) groups excluding carboxylic acids is 2. The Labute approximate surface area is 204 Å². The number of Topliss-reactive ketones (excluding diaryl/α,β-unsaturated/α-hetero) is 1. The number of nitrogens with one attached hydrogen (secondary N) is 1. The highest BCUT2D eigenvalue weighted by Crippen LogP contribution is 2.25. The minimum Gasteiger partial charge on any atom is -0.455 e. The van der Waals surface area contributed by atoms with Crippen LogP contribution in [0.1, 0.15) is 79.1 Å². The molecule has 0 aromatic rings. The van der Waals surface area contributed by atoms with E-state index in [4.69, 9.17) is 14.6 Å². The lowest BCUT2D eigenvalue weighted by Gasteiger charge is -2.34. The molecule has 1 amide bonds. The Morgan fingerprint density at radius 2 is 1.27 bits per heavy atom. The molecule has 0 bridgehead atoms. The van der Waals surface area contributed by atoms with Gasteiger partial charge in [0.25, 0.3) is 0 Å². The predicted octanol–water partition coefficient (Wildman–Crippen LogP) is 6.32. The van der Waals surface area contributed by atoms with Crippen molar-refractivity contribution in [3.63, 3.8) is 0 Å². The summed E-state index contributed by atoms with van der Waals surface area (Å²) in [6.45, 7) is 17.1. The third-order valence-electron chi connectivity index (χ3n) is 5.93. The number of nitrogens with zero attached hydrogens (tertiary/aromatic N) is 2. The predicted molar refractivity (Wildman–Crippen MR) is 139 cm³/mol. The van der Waals surface area contributed by atoms with E-state index in [1.165, 1.54) is 0 Å². The molecule has 188 valence electrons. The van der Waals surface area contributed by atoms with E-state index in [1.54, 1.807) is 0 Å². The zero-order valence-corrected chi connectivity index (χ0v) is 24.4. The van der Waals surface area contributed by atoms with Gasteiger partial charge in [0.2, 0.25) is 5.91 Å². The van der Waals surface area contributed by atoms with Gasteiger partial charge in [-0.1, -0.05) is 6.42 Å². The fourth-order valence-corrected chi connectivity index (χ4v) is 12.6. The normalized spacial score (nSPS) is 12.7. The van der Waals surface area contributed by atoms with Crippen molar-refractivity contribution in [2.75, 3.05) is 6.54 Å². The van der Waals surface area contributed by atoms with Crippen molar-refractivity contribution in [2.24, 2.45) is 10.8 Å². The molecule has 0 aromatic heterocycles. The second-order valence-electron chi connectivity index (χ2n) is 11.8. The second kappa shape index (κ2) is 14.0. The van der Waals surface area contributed by atoms with Gasteiger partial charge in [-0.3, -0.25) is 9.59 Å². The van der Waals surface area contributed by atoms with Gasteiger partial charge in [0.15, 0.2) is 16.6 Å². The maximum atomic E-state index is 12.1. The Balaban J connectivity index is 4.16. The molecule has 1 N–H and O–H groups in total. The highest BCUT2D eigenvalue weighted by Gasteiger charge is 2.32. The van der Waals surface area contributed by atoms with Crippen LogP contribution >= 0.6 is 0 Å². The molecular formula is C25H47N3O3Si2. The highest BCUT2D eigenvalue weighted by molar-refractivity contribution is 6.84. The number of rotatable bonds is 17. The van der Waals surface area contributed by atoms with Gasteiger partial charge in [-0.05, 0) is 91.7 Å². The van der Waals surface area contributed by atoms with Crippen molar-refractivity contribution in [3.05, 3.63) is 0 Å². The molecule has 0 radical (unpaired) electrons. The van der Waals surface area contributed by atoms with Gasteiger partial charge in [-0.15, -0.1) is 0 Å². The van der Waals surface area contributed by atoms with Crippen LogP contribution in [0.4, 0.5) is 0 Å². The van der Waals surface area contributed by atoms with E-state index in [0.29, 0.717) is 38.6 Å². The van der Waals surface area contributed by atoms with Crippen molar-refractivity contribution < 1.29 is 13.7 Å². The topological polar surface area (TPSA) is 103 Å². The van der Waals surface area contributed by atoms with Gasteiger partial charge in [0, 0.05) is 25.8 Å². The van der Waals surface area contributed by atoms with E-state index in [9.17, 15) is 9.59 Å². The summed E-state index contributed by atoms with van der Waals surface area (Å²) in [7, 11) is -3.61. The number of nitriles is 2. The first-order chi connectivity index (χ1) is 15.0. The van der Waals surface area contributed by atoms with Crippen molar-refractivity contribution in [2.45, 2.75) is 117 Å². The summed E-state index contributed by atoms with van der Waals surface area (Å²) >= 11 is 0. The van der Waals surface area contributed by atoms with Crippen LogP contribution in [0.5, 0.6) is 0 Å². The average molecular weight is 494 g/mol. The van der Waals surface area contributed by atoms with Gasteiger partial charge in [-0.25, -0.2) is 0 Å². The van der Waals surface area contributed by atoms with E-state index < -0.39 is 27.5 Å². The van der Waals surface area contributed by atoms with Gasteiger partial charge in [0.05, 0.1) is 23.0 Å². The quantitative estimate of drug-likeness (QED) is 0.189. The Bertz CT molecular complexity index is 659. The van der Waals surface area contributed by atoms with E-state index in [0.717, 1.165) is 31.4 Å². The molecular weight excluding hydrogens is 446 g/mol. The molecule has 0 aromatic carbocycles. The van der Waals surface area contributed by atoms with E-state index in [-0.39, 0.29) is 11.7 Å². The minimum atomic E-state index is -1.82. The molecule has 6 nitrogen and oxygen atoms in total. The van der Waals surface area contributed by atoms with Gasteiger partial charge >= 0.3 is 0 Å². The maximum absolute atomic E-state index is 12.1. The third kappa shape index (κ3) is 16.7. The van der Waals surface area contributed by atoms with Crippen molar-refractivity contribution in [3.8, 4) is 12.1 Å². The summed E-state index contributed by atoms with van der Waals surface area (Å²) in [6.07, 6.45) is 5.48. The van der Waals surface area contributed by atoms with Crippen molar-refractivity contribution >= 4 is 28.3 Å². The molecule has 0 saturated heterocycles. The average Bonchev–Trinajstić information content (AvgIpc) is 2.71. The maximum Gasteiger partial charge on any atom is 0.220 e. The molecule has 0 saturated carbocycles. The summed E-state index contributed by atoms with van der Waals surface area (Å²) in [5.74, 6) is 0.269. The number of amides is 1. The molecule has 8 heteroatoms. The molecule has 0 fully saturated rings. The minimum absolute atomic E-state index is 0.0131. The summed E-state index contributed by atoms with van der Waals surface area (Å²) in [5, 5.41) is 21.1. The summed E-state index contributed by atoms with van der Waals surface area (Å²) in [4.78, 5) is 24.1. The van der Waals surface area contributed by atoms with Gasteiger partial charge < -0.3 is 9.43 Å². The molecule has 0 spiro atoms. The lowest BCUT2D eigenvalue weighted by molar-refractivity contribution is -0.121. The zero-order chi connectivity index (χ0) is 25.8. The molecule has 0 aliphatic rings. The summed E-state index contributed by atoms with van der Waals surface area (Å²) in [6, 6.07) is 6.53. The van der Waals surface area contributed by atoms with E-state index >= 15 is 0 Å². The van der Waals surface area contributed by atoms with Crippen LogP contribution in [0, 0.1) is 33.5 Å².